The highest BCUT2D eigenvalue weighted by Crippen LogP contribution is 2.26. The lowest BCUT2D eigenvalue weighted by Gasteiger charge is -2.22. The van der Waals surface area contributed by atoms with Crippen molar-refractivity contribution >= 4 is 23.2 Å². The van der Waals surface area contributed by atoms with Crippen molar-refractivity contribution in [2.45, 2.75) is 13.1 Å². The van der Waals surface area contributed by atoms with Gasteiger partial charge in [-0.3, -0.25) is 9.88 Å². The van der Waals surface area contributed by atoms with Crippen molar-refractivity contribution < 1.29 is 5.11 Å². The van der Waals surface area contributed by atoms with Gasteiger partial charge in [-0.05, 0) is 23.3 Å². The summed E-state index contributed by atoms with van der Waals surface area (Å²) >= 11 is 12.2. The molecular formula is C15H16Cl2N2O. The number of benzene rings is 1. The summed E-state index contributed by atoms with van der Waals surface area (Å²) in [6.45, 7) is 2.00. The lowest BCUT2D eigenvalue weighted by Crippen LogP contribution is -2.26. The summed E-state index contributed by atoms with van der Waals surface area (Å²) in [5, 5.41) is 10.3. The number of aromatic nitrogens is 1. The van der Waals surface area contributed by atoms with Crippen LogP contribution in [0, 0.1) is 0 Å². The topological polar surface area (TPSA) is 36.4 Å². The molecule has 5 heteroatoms. The maximum Gasteiger partial charge on any atom is 0.0637 e. The summed E-state index contributed by atoms with van der Waals surface area (Å²) in [6.07, 6.45) is 3.57. The summed E-state index contributed by atoms with van der Waals surface area (Å²) in [5.74, 6) is 0. The SMILES string of the molecule is OCCN(Cc1cccnc1)Cc1cccc(Cl)c1Cl. The van der Waals surface area contributed by atoms with Gasteiger partial charge in [0.1, 0.15) is 0 Å². The van der Waals surface area contributed by atoms with Gasteiger partial charge in [0.05, 0.1) is 16.7 Å². The fourth-order valence-electron chi connectivity index (χ4n) is 2.02. The van der Waals surface area contributed by atoms with Crippen molar-refractivity contribution in [1.82, 2.24) is 9.88 Å². The number of halogens is 2. The van der Waals surface area contributed by atoms with E-state index in [4.69, 9.17) is 23.2 Å². The molecule has 0 saturated carbocycles. The molecule has 0 fully saturated rings. The Bertz CT molecular complexity index is 549. The van der Waals surface area contributed by atoms with E-state index in [0.29, 0.717) is 29.7 Å². The third-order valence-corrected chi connectivity index (χ3v) is 3.83. The normalized spacial score (nSPS) is 11.0. The van der Waals surface area contributed by atoms with Crippen LogP contribution in [0.3, 0.4) is 0 Å². The Balaban J connectivity index is 2.11. The predicted octanol–water partition coefficient (Wildman–Crippen LogP) is 3.38. The molecule has 0 aliphatic carbocycles. The first kappa shape index (κ1) is 15.3. The van der Waals surface area contributed by atoms with Crippen LogP contribution in [0.1, 0.15) is 11.1 Å². The first-order valence-electron chi connectivity index (χ1n) is 6.35. The Morgan fingerprint density at radius 1 is 1.10 bits per heavy atom. The summed E-state index contributed by atoms with van der Waals surface area (Å²) in [7, 11) is 0. The molecule has 1 N–H and O–H groups in total. The van der Waals surface area contributed by atoms with Crippen LogP contribution in [-0.4, -0.2) is 28.1 Å². The van der Waals surface area contributed by atoms with Crippen LogP contribution < -0.4 is 0 Å². The second-order valence-electron chi connectivity index (χ2n) is 4.51. The van der Waals surface area contributed by atoms with Crippen LogP contribution in [0.5, 0.6) is 0 Å². The molecule has 1 aromatic heterocycles. The van der Waals surface area contributed by atoms with Crippen molar-refractivity contribution in [3.8, 4) is 0 Å². The van der Waals surface area contributed by atoms with E-state index in [9.17, 15) is 5.11 Å². The van der Waals surface area contributed by atoms with E-state index in [1.54, 1.807) is 12.3 Å². The van der Waals surface area contributed by atoms with Crippen LogP contribution in [0.2, 0.25) is 10.0 Å². The van der Waals surface area contributed by atoms with Gasteiger partial charge in [0.25, 0.3) is 0 Å². The quantitative estimate of drug-likeness (QED) is 0.888. The molecule has 0 radical (unpaired) electrons. The zero-order chi connectivity index (χ0) is 14.4. The summed E-state index contributed by atoms with van der Waals surface area (Å²) in [6, 6.07) is 9.51. The Morgan fingerprint density at radius 2 is 1.95 bits per heavy atom. The lowest BCUT2D eigenvalue weighted by atomic mass is 10.2. The van der Waals surface area contributed by atoms with Crippen molar-refractivity contribution in [2.24, 2.45) is 0 Å². The number of pyridine rings is 1. The predicted molar refractivity (Wildman–Crippen MR) is 81.9 cm³/mol. The first-order valence-corrected chi connectivity index (χ1v) is 7.11. The number of aliphatic hydroxyl groups is 1. The fourth-order valence-corrected chi connectivity index (χ4v) is 2.40. The second-order valence-corrected chi connectivity index (χ2v) is 5.29. The number of aliphatic hydroxyl groups excluding tert-OH is 1. The standard InChI is InChI=1S/C15H16Cl2N2O/c16-14-5-1-4-13(15(14)17)11-19(7-8-20)10-12-3-2-6-18-9-12/h1-6,9,20H,7-8,10-11H2. The van der Waals surface area contributed by atoms with E-state index in [0.717, 1.165) is 11.1 Å². The van der Waals surface area contributed by atoms with Gasteiger partial charge in [0, 0.05) is 32.0 Å². The highest BCUT2D eigenvalue weighted by atomic mass is 35.5. The minimum Gasteiger partial charge on any atom is -0.395 e. The molecule has 0 bridgehead atoms. The average Bonchev–Trinajstić information content (AvgIpc) is 2.45. The zero-order valence-corrected chi connectivity index (χ0v) is 12.5. The Kier molecular flexibility index (Phi) is 5.80. The van der Waals surface area contributed by atoms with E-state index < -0.39 is 0 Å². The molecule has 0 saturated heterocycles. The van der Waals surface area contributed by atoms with Gasteiger partial charge in [-0.25, -0.2) is 0 Å². The Morgan fingerprint density at radius 3 is 2.65 bits per heavy atom. The molecule has 0 unspecified atom stereocenters. The Hall–Kier alpha value is -1.13. The molecule has 1 aromatic carbocycles. The zero-order valence-electron chi connectivity index (χ0n) is 11.0. The summed E-state index contributed by atoms with van der Waals surface area (Å²) in [4.78, 5) is 6.21. The van der Waals surface area contributed by atoms with Crippen molar-refractivity contribution in [3.63, 3.8) is 0 Å². The summed E-state index contributed by atoms with van der Waals surface area (Å²) in [5.41, 5.74) is 2.05. The molecule has 1 heterocycles. The van der Waals surface area contributed by atoms with Gasteiger partial charge in [-0.1, -0.05) is 41.4 Å². The molecule has 0 aliphatic rings. The van der Waals surface area contributed by atoms with E-state index >= 15 is 0 Å². The van der Waals surface area contributed by atoms with Crippen molar-refractivity contribution in [3.05, 3.63) is 63.9 Å². The second kappa shape index (κ2) is 7.60. The molecule has 0 spiro atoms. The highest BCUT2D eigenvalue weighted by molar-refractivity contribution is 6.42. The van der Waals surface area contributed by atoms with E-state index in [2.05, 4.69) is 9.88 Å². The first-order chi connectivity index (χ1) is 9.70. The van der Waals surface area contributed by atoms with E-state index in [-0.39, 0.29) is 6.61 Å². The van der Waals surface area contributed by atoms with Gasteiger partial charge < -0.3 is 5.11 Å². The molecule has 0 atom stereocenters. The van der Waals surface area contributed by atoms with Gasteiger partial charge in [0.2, 0.25) is 0 Å². The number of hydrogen-bond donors (Lipinski definition) is 1. The number of nitrogens with zero attached hydrogens (tertiary/aromatic N) is 2. The third kappa shape index (κ3) is 4.18. The molecule has 20 heavy (non-hydrogen) atoms. The monoisotopic (exact) mass is 310 g/mol. The van der Waals surface area contributed by atoms with Crippen LogP contribution in [-0.2, 0) is 13.1 Å². The minimum atomic E-state index is 0.0957. The third-order valence-electron chi connectivity index (χ3n) is 2.97. The molecular weight excluding hydrogens is 295 g/mol. The summed E-state index contributed by atoms with van der Waals surface area (Å²) < 4.78 is 0. The maximum atomic E-state index is 9.20. The molecule has 0 amide bonds. The largest absolute Gasteiger partial charge is 0.395 e. The lowest BCUT2D eigenvalue weighted by molar-refractivity contribution is 0.184. The van der Waals surface area contributed by atoms with Gasteiger partial charge in [-0.15, -0.1) is 0 Å². The molecule has 3 nitrogen and oxygen atoms in total. The minimum absolute atomic E-state index is 0.0957. The molecule has 2 rings (SSSR count). The number of hydrogen-bond acceptors (Lipinski definition) is 3. The molecule has 0 aliphatic heterocycles. The Labute approximate surface area is 128 Å². The molecule has 106 valence electrons. The van der Waals surface area contributed by atoms with Gasteiger partial charge in [-0.2, -0.15) is 0 Å². The van der Waals surface area contributed by atoms with Crippen LogP contribution in [0.25, 0.3) is 0 Å². The van der Waals surface area contributed by atoms with Crippen LogP contribution >= 0.6 is 23.2 Å². The average molecular weight is 311 g/mol. The maximum absolute atomic E-state index is 9.20. The van der Waals surface area contributed by atoms with Gasteiger partial charge >= 0.3 is 0 Å². The van der Waals surface area contributed by atoms with Crippen molar-refractivity contribution in [1.29, 1.82) is 0 Å². The van der Waals surface area contributed by atoms with Gasteiger partial charge in [0.15, 0.2) is 0 Å². The number of rotatable bonds is 6. The van der Waals surface area contributed by atoms with E-state index in [1.807, 2.05) is 30.5 Å². The van der Waals surface area contributed by atoms with Crippen LogP contribution in [0.4, 0.5) is 0 Å². The smallest absolute Gasteiger partial charge is 0.0637 e. The highest BCUT2D eigenvalue weighted by Gasteiger charge is 2.10. The fraction of sp³-hybridized carbons (Fsp3) is 0.267. The van der Waals surface area contributed by atoms with E-state index in [1.165, 1.54) is 0 Å². The van der Waals surface area contributed by atoms with Crippen molar-refractivity contribution in [2.75, 3.05) is 13.2 Å². The molecule has 2 aromatic rings. The van der Waals surface area contributed by atoms with Crippen LogP contribution in [0.15, 0.2) is 42.7 Å².